The third-order valence-corrected chi connectivity index (χ3v) is 11.7. The molecule has 6 aromatic carbocycles. The Hall–Kier alpha value is -4.79. The quantitative estimate of drug-likeness (QED) is 0.181. The van der Waals surface area contributed by atoms with Gasteiger partial charge in [-0.3, -0.25) is 0 Å². The van der Waals surface area contributed by atoms with E-state index in [1.807, 2.05) is 0 Å². The van der Waals surface area contributed by atoms with Crippen LogP contribution in [0, 0.1) is 0 Å². The van der Waals surface area contributed by atoms with Gasteiger partial charge in [0, 0.05) is 22.3 Å². The molecule has 46 heavy (non-hydrogen) atoms. The number of fused-ring (bicyclic) bond motifs is 7. The van der Waals surface area contributed by atoms with Crippen LogP contribution in [0.4, 0.5) is 0 Å². The van der Waals surface area contributed by atoms with E-state index in [0.29, 0.717) is 0 Å². The molecule has 0 aliphatic heterocycles. The Morgan fingerprint density at radius 3 is 1.54 bits per heavy atom. The molecule has 2 aliphatic carbocycles. The number of rotatable bonds is 4. The van der Waals surface area contributed by atoms with Crippen molar-refractivity contribution in [1.29, 1.82) is 0 Å². The van der Waals surface area contributed by atoms with Crippen LogP contribution in [-0.4, -0.2) is 4.98 Å². The lowest BCUT2D eigenvalue weighted by Gasteiger charge is -2.26. The maximum Gasteiger partial charge on any atom is 0.124 e. The summed E-state index contributed by atoms with van der Waals surface area (Å²) in [4.78, 5) is 5.15. The van der Waals surface area contributed by atoms with Gasteiger partial charge in [-0.1, -0.05) is 149 Å². The van der Waals surface area contributed by atoms with Crippen molar-refractivity contribution < 1.29 is 0 Å². The number of hydrogen-bond donors (Lipinski definition) is 0. The molecule has 1 nitrogen and oxygen atoms in total. The summed E-state index contributed by atoms with van der Waals surface area (Å²) in [5.74, 6) is 0.0703. The first-order chi connectivity index (χ1) is 22.3. The Morgan fingerprint density at radius 2 is 0.957 bits per heavy atom. The lowest BCUT2D eigenvalue weighted by atomic mass is 9.77. The normalized spacial score (nSPS) is 15.1. The minimum Gasteiger partial charge on any atom is -0.236 e. The van der Waals surface area contributed by atoms with E-state index in [0.717, 1.165) is 10.5 Å². The largest absolute Gasteiger partial charge is 0.236 e. The highest BCUT2D eigenvalue weighted by atomic mass is 32.1. The van der Waals surface area contributed by atoms with Gasteiger partial charge in [0.15, 0.2) is 0 Å². The van der Waals surface area contributed by atoms with Gasteiger partial charge in [-0.2, -0.15) is 0 Å². The minimum absolute atomic E-state index is 0.0580. The third kappa shape index (κ3) is 3.96. The Labute approximate surface area is 275 Å². The van der Waals surface area contributed by atoms with Gasteiger partial charge in [0.1, 0.15) is 5.01 Å². The zero-order chi connectivity index (χ0) is 31.2. The highest BCUT2D eigenvalue weighted by molar-refractivity contribution is 7.21. The second kappa shape index (κ2) is 9.85. The molecule has 9 rings (SSSR count). The first-order valence-corrected chi connectivity index (χ1v) is 17.1. The molecule has 0 saturated carbocycles. The molecule has 0 radical (unpaired) electrons. The fraction of sp³-hybridized carbons (Fsp3) is 0.159. The minimum atomic E-state index is -0.0580. The van der Waals surface area contributed by atoms with E-state index in [-0.39, 0.29) is 16.7 Å². The van der Waals surface area contributed by atoms with Crippen molar-refractivity contribution in [2.45, 2.75) is 44.4 Å². The zero-order valence-corrected chi connectivity index (χ0v) is 27.5. The van der Waals surface area contributed by atoms with Gasteiger partial charge in [0.2, 0.25) is 0 Å². The summed E-state index contributed by atoms with van der Waals surface area (Å²) in [5, 5.41) is 1.07. The number of nitrogens with zero attached hydrogens (tertiary/aromatic N) is 1. The summed E-state index contributed by atoms with van der Waals surface area (Å²) in [7, 11) is 0. The fourth-order valence-electron chi connectivity index (χ4n) is 8.21. The van der Waals surface area contributed by atoms with Crippen LogP contribution in [0.5, 0.6) is 0 Å². The predicted octanol–water partition coefficient (Wildman–Crippen LogP) is 11.8. The molecule has 2 aliphatic rings. The molecule has 0 saturated heterocycles. The van der Waals surface area contributed by atoms with Crippen molar-refractivity contribution >= 4 is 21.6 Å². The van der Waals surface area contributed by atoms with Crippen LogP contribution in [0.15, 0.2) is 133 Å². The predicted molar refractivity (Wildman–Crippen MR) is 194 cm³/mol. The lowest BCUT2D eigenvalue weighted by Crippen LogP contribution is -2.17. The van der Waals surface area contributed by atoms with E-state index < -0.39 is 0 Å². The molecule has 0 amide bonds. The molecule has 0 unspecified atom stereocenters. The molecule has 1 aromatic heterocycles. The number of thiazole rings is 1. The van der Waals surface area contributed by atoms with E-state index in [2.05, 4.69) is 161 Å². The van der Waals surface area contributed by atoms with Crippen LogP contribution < -0.4 is 0 Å². The lowest BCUT2D eigenvalue weighted by molar-refractivity contribution is 0.657. The van der Waals surface area contributed by atoms with Crippen molar-refractivity contribution in [3.8, 4) is 32.8 Å². The maximum atomic E-state index is 5.15. The molecule has 0 atom stereocenters. The molecule has 0 spiro atoms. The van der Waals surface area contributed by atoms with Gasteiger partial charge in [-0.15, -0.1) is 11.3 Å². The number of aromatic nitrogens is 1. The topological polar surface area (TPSA) is 12.9 Å². The highest BCUT2D eigenvalue weighted by Gasteiger charge is 2.38. The first kappa shape index (κ1) is 27.5. The second-order valence-corrected chi connectivity index (χ2v) is 15.0. The van der Waals surface area contributed by atoms with E-state index in [4.69, 9.17) is 4.98 Å². The molecule has 7 aromatic rings. The van der Waals surface area contributed by atoms with E-state index in [1.54, 1.807) is 11.3 Å². The van der Waals surface area contributed by atoms with E-state index >= 15 is 0 Å². The monoisotopic (exact) mass is 609 g/mol. The molecule has 222 valence electrons. The van der Waals surface area contributed by atoms with Crippen LogP contribution in [0.3, 0.4) is 0 Å². The van der Waals surface area contributed by atoms with Crippen molar-refractivity contribution in [2.75, 3.05) is 0 Å². The highest BCUT2D eigenvalue weighted by Crippen LogP contribution is 2.52. The van der Waals surface area contributed by atoms with Gasteiger partial charge in [-0.05, 0) is 73.3 Å². The molecule has 0 N–H and O–H groups in total. The SMILES string of the molecule is CC1(C)c2ccccc2-c2ccc(C(c3ccc4c(c3)C(C)(C)c3ccccc3-4)c3ccc4sc(-c5ccccc5)nc4c3)cc21. The van der Waals surface area contributed by atoms with Gasteiger partial charge in [-0.25, -0.2) is 4.98 Å². The maximum absolute atomic E-state index is 5.15. The zero-order valence-electron chi connectivity index (χ0n) is 26.6. The Morgan fingerprint density at radius 1 is 0.478 bits per heavy atom. The smallest absolute Gasteiger partial charge is 0.124 e. The van der Waals surface area contributed by atoms with Crippen LogP contribution in [0.1, 0.15) is 72.6 Å². The third-order valence-electron chi connectivity index (χ3n) is 10.6. The number of benzene rings is 6. The average Bonchev–Trinajstić information content (AvgIpc) is 3.69. The summed E-state index contributed by atoms with van der Waals surface area (Å²) >= 11 is 1.77. The van der Waals surface area contributed by atoms with Crippen molar-refractivity contribution in [3.63, 3.8) is 0 Å². The van der Waals surface area contributed by atoms with Crippen molar-refractivity contribution in [2.24, 2.45) is 0 Å². The van der Waals surface area contributed by atoms with Gasteiger partial charge in [0.25, 0.3) is 0 Å². The summed E-state index contributed by atoms with van der Waals surface area (Å²) in [6, 6.07) is 49.8. The average molecular weight is 610 g/mol. The van der Waals surface area contributed by atoms with Gasteiger partial charge in [0.05, 0.1) is 10.2 Å². The summed E-state index contributed by atoms with van der Waals surface area (Å²) in [5.41, 5.74) is 17.1. The Bertz CT molecular complexity index is 2210. The molecule has 2 heteroatoms. The van der Waals surface area contributed by atoms with Crippen molar-refractivity contribution in [1.82, 2.24) is 4.98 Å². The van der Waals surface area contributed by atoms with Crippen molar-refractivity contribution in [3.05, 3.63) is 172 Å². The molecular formula is C44H35NS. The molecular weight excluding hydrogens is 575 g/mol. The summed E-state index contributed by atoms with van der Waals surface area (Å²) in [6.45, 7) is 9.49. The summed E-state index contributed by atoms with van der Waals surface area (Å²) in [6.07, 6.45) is 0. The molecule has 1 heterocycles. The van der Waals surface area contributed by atoms with Crippen LogP contribution in [0.25, 0.3) is 43.0 Å². The first-order valence-electron chi connectivity index (χ1n) is 16.3. The van der Waals surface area contributed by atoms with E-state index in [1.165, 1.54) is 71.5 Å². The summed E-state index contributed by atoms with van der Waals surface area (Å²) < 4.78 is 1.22. The van der Waals surface area contributed by atoms with Gasteiger partial charge >= 0.3 is 0 Å². The molecule has 0 bridgehead atoms. The fourth-order valence-corrected chi connectivity index (χ4v) is 9.16. The van der Waals surface area contributed by atoms with E-state index in [9.17, 15) is 0 Å². The number of hydrogen-bond acceptors (Lipinski definition) is 2. The van der Waals surface area contributed by atoms with Crippen LogP contribution >= 0.6 is 11.3 Å². The standard InChI is InChI=1S/C44H35NS/c1-43(2)35-16-10-8-14-31(35)33-21-18-28(24-37(33)43)41(29-19-22-34-32-15-9-11-17-36(32)44(3,4)38(34)25-29)30-20-23-40-39(26-30)45-42(46-40)27-12-6-5-7-13-27/h5-26,41H,1-4H3. The Balaban J connectivity index is 1.23. The van der Waals surface area contributed by atoms with Crippen LogP contribution in [-0.2, 0) is 10.8 Å². The van der Waals surface area contributed by atoms with Crippen LogP contribution in [0.2, 0.25) is 0 Å². The second-order valence-electron chi connectivity index (χ2n) is 14.0. The van der Waals surface area contributed by atoms with Gasteiger partial charge < -0.3 is 0 Å². The Kier molecular flexibility index (Phi) is 5.89. The molecule has 0 fully saturated rings.